The van der Waals surface area contributed by atoms with Gasteiger partial charge in [0.1, 0.15) is 0 Å². The molecular weight excluding hydrogens is 266 g/mol. The summed E-state index contributed by atoms with van der Waals surface area (Å²) in [6.07, 6.45) is 0. The molecule has 1 unspecified atom stereocenters. The van der Waals surface area contributed by atoms with Crippen molar-refractivity contribution < 1.29 is 0 Å². The van der Waals surface area contributed by atoms with Gasteiger partial charge in [-0.1, -0.05) is 29.3 Å². The highest BCUT2D eigenvalue weighted by Crippen LogP contribution is 2.24. The number of hydrogen-bond donors (Lipinski definition) is 1. The van der Waals surface area contributed by atoms with Crippen molar-refractivity contribution in [2.75, 3.05) is 13.6 Å². The Balaban J connectivity index is 2.20. The zero-order valence-corrected chi connectivity index (χ0v) is 13.5. The largest absolute Gasteiger partial charge is 0.329 e. The first-order valence-corrected chi connectivity index (χ1v) is 7.76. The Morgan fingerprint density at radius 1 is 1.20 bits per heavy atom. The third-order valence-electron chi connectivity index (χ3n) is 3.62. The summed E-state index contributed by atoms with van der Waals surface area (Å²) in [5.41, 5.74) is 12.9. The lowest BCUT2D eigenvalue weighted by molar-refractivity contribution is 0.243. The summed E-state index contributed by atoms with van der Waals surface area (Å²) in [5, 5.41) is 0. The average Bonchev–Trinajstić information content (AvgIpc) is 2.74. The van der Waals surface area contributed by atoms with E-state index in [1.165, 1.54) is 21.6 Å². The van der Waals surface area contributed by atoms with Gasteiger partial charge in [-0.15, -0.1) is 11.3 Å². The lowest BCUT2D eigenvalue weighted by atomic mass is 10.0. The molecule has 0 fully saturated rings. The Morgan fingerprint density at radius 3 is 2.35 bits per heavy atom. The normalized spacial score (nSPS) is 12.9. The lowest BCUT2D eigenvalue weighted by Gasteiger charge is -2.27. The van der Waals surface area contributed by atoms with Crippen LogP contribution >= 0.6 is 11.3 Å². The first kappa shape index (κ1) is 15.2. The molecule has 0 radical (unpaired) electrons. The second-order valence-electron chi connectivity index (χ2n) is 5.45. The fourth-order valence-electron chi connectivity index (χ4n) is 2.59. The molecule has 0 saturated carbocycles. The quantitative estimate of drug-likeness (QED) is 0.919. The molecule has 0 aliphatic heterocycles. The fourth-order valence-corrected chi connectivity index (χ4v) is 3.43. The second kappa shape index (κ2) is 6.48. The summed E-state index contributed by atoms with van der Waals surface area (Å²) in [5.74, 6) is 0. The van der Waals surface area contributed by atoms with E-state index >= 15 is 0 Å². The van der Waals surface area contributed by atoms with E-state index in [0.717, 1.165) is 12.2 Å². The van der Waals surface area contributed by atoms with Gasteiger partial charge in [0.15, 0.2) is 0 Å². The third-order valence-corrected chi connectivity index (χ3v) is 4.54. The fraction of sp³-hybridized carbons (Fsp3) is 0.438. The molecule has 0 spiro atoms. The van der Waals surface area contributed by atoms with E-state index in [9.17, 15) is 0 Å². The van der Waals surface area contributed by atoms with Gasteiger partial charge in [-0.25, -0.2) is 4.98 Å². The minimum absolute atomic E-state index is 0.245. The van der Waals surface area contributed by atoms with Gasteiger partial charge in [-0.05, 0) is 33.4 Å². The SMILES string of the molecule is Cc1cc(C)cc(C(CN)N(C)Cc2scnc2C)c1. The van der Waals surface area contributed by atoms with Gasteiger partial charge in [-0.2, -0.15) is 0 Å². The van der Waals surface area contributed by atoms with E-state index in [1.54, 1.807) is 11.3 Å². The number of aryl methyl sites for hydroxylation is 3. The maximum Gasteiger partial charge on any atom is 0.0798 e. The molecule has 1 atom stereocenters. The minimum atomic E-state index is 0.245. The Kier molecular flexibility index (Phi) is 4.91. The van der Waals surface area contributed by atoms with Crippen molar-refractivity contribution in [3.05, 3.63) is 51.0 Å². The molecule has 1 aromatic carbocycles. The molecule has 0 aliphatic carbocycles. The highest BCUT2D eigenvalue weighted by atomic mass is 32.1. The van der Waals surface area contributed by atoms with Crippen LogP contribution in [0.4, 0.5) is 0 Å². The lowest BCUT2D eigenvalue weighted by Crippen LogP contribution is -2.30. The van der Waals surface area contributed by atoms with E-state index in [1.807, 2.05) is 5.51 Å². The molecule has 1 aromatic heterocycles. The smallest absolute Gasteiger partial charge is 0.0798 e. The first-order chi connectivity index (χ1) is 9.51. The van der Waals surface area contributed by atoms with Crippen molar-refractivity contribution in [3.8, 4) is 0 Å². The van der Waals surface area contributed by atoms with E-state index in [-0.39, 0.29) is 6.04 Å². The van der Waals surface area contributed by atoms with Gasteiger partial charge < -0.3 is 5.73 Å². The van der Waals surface area contributed by atoms with Crippen LogP contribution in [0.25, 0.3) is 0 Å². The van der Waals surface area contributed by atoms with Crippen molar-refractivity contribution in [1.29, 1.82) is 0 Å². The predicted octanol–water partition coefficient (Wildman–Crippen LogP) is 3.20. The molecule has 20 heavy (non-hydrogen) atoms. The van der Waals surface area contributed by atoms with Crippen LogP contribution in [0.2, 0.25) is 0 Å². The predicted molar refractivity (Wildman–Crippen MR) is 86.0 cm³/mol. The zero-order chi connectivity index (χ0) is 14.7. The van der Waals surface area contributed by atoms with E-state index in [2.05, 4.69) is 55.9 Å². The van der Waals surface area contributed by atoms with Crippen molar-refractivity contribution in [2.24, 2.45) is 5.73 Å². The zero-order valence-electron chi connectivity index (χ0n) is 12.7. The van der Waals surface area contributed by atoms with Crippen LogP contribution in [-0.2, 0) is 6.54 Å². The monoisotopic (exact) mass is 289 g/mol. The molecule has 2 aromatic rings. The molecule has 1 heterocycles. The summed E-state index contributed by atoms with van der Waals surface area (Å²) in [6.45, 7) is 7.85. The van der Waals surface area contributed by atoms with Crippen molar-refractivity contribution in [3.63, 3.8) is 0 Å². The van der Waals surface area contributed by atoms with Gasteiger partial charge in [0.05, 0.1) is 11.2 Å². The number of aromatic nitrogens is 1. The highest BCUT2D eigenvalue weighted by molar-refractivity contribution is 7.09. The Hall–Kier alpha value is -1.23. The maximum atomic E-state index is 6.02. The summed E-state index contributed by atoms with van der Waals surface area (Å²) in [4.78, 5) is 7.95. The number of likely N-dealkylation sites (N-methyl/N-ethyl adjacent to an activating group) is 1. The van der Waals surface area contributed by atoms with Gasteiger partial charge in [0.25, 0.3) is 0 Å². The highest BCUT2D eigenvalue weighted by Gasteiger charge is 2.17. The van der Waals surface area contributed by atoms with Gasteiger partial charge in [0.2, 0.25) is 0 Å². The molecule has 0 saturated heterocycles. The van der Waals surface area contributed by atoms with Crippen molar-refractivity contribution >= 4 is 11.3 Å². The van der Waals surface area contributed by atoms with Crippen LogP contribution in [-0.4, -0.2) is 23.5 Å². The Labute approximate surface area is 125 Å². The minimum Gasteiger partial charge on any atom is -0.329 e. The van der Waals surface area contributed by atoms with Crippen LogP contribution in [0, 0.1) is 20.8 Å². The van der Waals surface area contributed by atoms with E-state index in [0.29, 0.717) is 6.54 Å². The van der Waals surface area contributed by atoms with Gasteiger partial charge >= 0.3 is 0 Å². The Bertz CT molecular complexity index is 557. The van der Waals surface area contributed by atoms with Crippen LogP contribution < -0.4 is 5.73 Å². The van der Waals surface area contributed by atoms with E-state index in [4.69, 9.17) is 5.73 Å². The van der Waals surface area contributed by atoms with Crippen LogP contribution in [0.5, 0.6) is 0 Å². The Morgan fingerprint density at radius 2 is 1.85 bits per heavy atom. The van der Waals surface area contributed by atoms with Crippen molar-refractivity contribution in [2.45, 2.75) is 33.4 Å². The maximum absolute atomic E-state index is 6.02. The number of benzene rings is 1. The third kappa shape index (κ3) is 3.45. The van der Waals surface area contributed by atoms with Gasteiger partial charge in [0, 0.05) is 24.0 Å². The second-order valence-corrected chi connectivity index (χ2v) is 6.39. The van der Waals surface area contributed by atoms with Gasteiger partial charge in [-0.3, -0.25) is 4.90 Å². The number of rotatable bonds is 5. The molecule has 0 aliphatic rings. The van der Waals surface area contributed by atoms with Crippen molar-refractivity contribution in [1.82, 2.24) is 9.88 Å². The molecule has 4 heteroatoms. The molecule has 2 rings (SSSR count). The first-order valence-electron chi connectivity index (χ1n) is 6.88. The summed E-state index contributed by atoms with van der Waals surface area (Å²) in [7, 11) is 2.13. The summed E-state index contributed by atoms with van der Waals surface area (Å²) >= 11 is 1.71. The topological polar surface area (TPSA) is 42.1 Å². The number of nitrogens with two attached hydrogens (primary N) is 1. The van der Waals surface area contributed by atoms with Crippen LogP contribution in [0.1, 0.15) is 33.3 Å². The summed E-state index contributed by atoms with van der Waals surface area (Å²) < 4.78 is 0. The molecule has 2 N–H and O–H groups in total. The number of nitrogens with zero attached hydrogens (tertiary/aromatic N) is 2. The average molecular weight is 289 g/mol. The molecular formula is C16H23N3S. The standard InChI is InChI=1S/C16H23N3S/c1-11-5-12(2)7-14(6-11)15(8-17)19(4)9-16-13(3)18-10-20-16/h5-7,10,15H,8-9,17H2,1-4H3. The van der Waals surface area contributed by atoms with E-state index < -0.39 is 0 Å². The number of hydrogen-bond acceptors (Lipinski definition) is 4. The molecule has 0 bridgehead atoms. The van der Waals surface area contributed by atoms with Crippen LogP contribution in [0.3, 0.4) is 0 Å². The van der Waals surface area contributed by atoms with Crippen LogP contribution in [0.15, 0.2) is 23.7 Å². The molecule has 3 nitrogen and oxygen atoms in total. The summed E-state index contributed by atoms with van der Waals surface area (Å²) in [6, 6.07) is 6.92. The molecule has 0 amide bonds. The number of thiazole rings is 1. The molecule has 108 valence electrons.